The zero-order chi connectivity index (χ0) is 13.4. The van der Waals surface area contributed by atoms with Crippen molar-refractivity contribution in [1.29, 1.82) is 5.26 Å². The number of methoxy groups -OCH3 is 1. The molecule has 0 unspecified atom stereocenters. The topological polar surface area (TPSA) is 71.3 Å². The molecule has 96 valence electrons. The molecule has 0 radical (unpaired) electrons. The molecular formula is C13H16N2O3. The highest BCUT2D eigenvalue weighted by Gasteiger charge is 2.05. The van der Waals surface area contributed by atoms with Gasteiger partial charge in [-0.25, -0.2) is 0 Å². The van der Waals surface area contributed by atoms with Crippen LogP contribution in [0.4, 0.5) is 5.69 Å². The molecule has 0 spiro atoms. The number of anilines is 1. The van der Waals surface area contributed by atoms with Gasteiger partial charge in [0.1, 0.15) is 5.75 Å². The maximum atomic E-state index is 11.2. The van der Waals surface area contributed by atoms with Crippen molar-refractivity contribution in [3.8, 4) is 11.8 Å². The summed E-state index contributed by atoms with van der Waals surface area (Å²) >= 11 is 0. The van der Waals surface area contributed by atoms with Crippen LogP contribution in [0.15, 0.2) is 18.2 Å². The first-order valence-electron chi connectivity index (χ1n) is 5.69. The Bertz CT molecular complexity index is 452. The SMILES string of the molecule is CCOC(=O)CCNc1ccc(C#N)cc1OC. The van der Waals surface area contributed by atoms with Crippen LogP contribution in [0.1, 0.15) is 18.9 Å². The van der Waals surface area contributed by atoms with Gasteiger partial charge in [-0.3, -0.25) is 4.79 Å². The van der Waals surface area contributed by atoms with Gasteiger partial charge < -0.3 is 14.8 Å². The second kappa shape index (κ2) is 7.17. The molecule has 1 aromatic rings. The van der Waals surface area contributed by atoms with Crippen LogP contribution in [0.5, 0.6) is 5.75 Å². The molecule has 0 fully saturated rings. The molecular weight excluding hydrogens is 232 g/mol. The Balaban J connectivity index is 2.57. The minimum absolute atomic E-state index is 0.238. The van der Waals surface area contributed by atoms with Crippen molar-refractivity contribution in [3.05, 3.63) is 23.8 Å². The molecule has 0 bridgehead atoms. The zero-order valence-corrected chi connectivity index (χ0v) is 10.5. The summed E-state index contributed by atoms with van der Waals surface area (Å²) in [5, 5.41) is 11.8. The van der Waals surface area contributed by atoms with E-state index in [1.165, 1.54) is 7.11 Å². The van der Waals surface area contributed by atoms with Crippen LogP contribution in [0.3, 0.4) is 0 Å². The normalized spacial score (nSPS) is 9.39. The molecule has 0 amide bonds. The van der Waals surface area contributed by atoms with Gasteiger partial charge in [-0.15, -0.1) is 0 Å². The first-order valence-corrected chi connectivity index (χ1v) is 5.69. The Hall–Kier alpha value is -2.22. The minimum Gasteiger partial charge on any atom is -0.495 e. The van der Waals surface area contributed by atoms with Gasteiger partial charge in [-0.2, -0.15) is 5.26 Å². The van der Waals surface area contributed by atoms with E-state index in [2.05, 4.69) is 5.32 Å². The molecule has 0 saturated carbocycles. The molecule has 18 heavy (non-hydrogen) atoms. The van der Waals surface area contributed by atoms with Crippen LogP contribution in [0.25, 0.3) is 0 Å². The number of nitriles is 1. The number of rotatable bonds is 6. The van der Waals surface area contributed by atoms with E-state index >= 15 is 0 Å². The van der Waals surface area contributed by atoms with Gasteiger partial charge in [0, 0.05) is 12.6 Å². The summed E-state index contributed by atoms with van der Waals surface area (Å²) in [6, 6.07) is 7.13. The monoisotopic (exact) mass is 248 g/mol. The largest absolute Gasteiger partial charge is 0.495 e. The van der Waals surface area contributed by atoms with Crippen LogP contribution in [0, 0.1) is 11.3 Å². The molecule has 1 rings (SSSR count). The van der Waals surface area contributed by atoms with E-state index in [1.54, 1.807) is 25.1 Å². The number of carbonyl (C=O) groups excluding carboxylic acids is 1. The van der Waals surface area contributed by atoms with Crippen LogP contribution >= 0.6 is 0 Å². The van der Waals surface area contributed by atoms with Crippen molar-refractivity contribution in [2.45, 2.75) is 13.3 Å². The smallest absolute Gasteiger partial charge is 0.307 e. The number of nitrogens with zero attached hydrogens (tertiary/aromatic N) is 1. The predicted octanol–water partition coefficient (Wildman–Crippen LogP) is 1.93. The van der Waals surface area contributed by atoms with Crippen LogP contribution in [-0.4, -0.2) is 26.2 Å². The van der Waals surface area contributed by atoms with E-state index in [0.717, 1.165) is 5.69 Å². The fourth-order valence-electron chi connectivity index (χ4n) is 1.44. The standard InChI is InChI=1S/C13H16N2O3/c1-3-18-13(16)6-7-15-11-5-4-10(9-14)8-12(11)17-2/h4-5,8,15H,3,6-7H2,1-2H3. The molecule has 1 N–H and O–H groups in total. The maximum Gasteiger partial charge on any atom is 0.307 e. The lowest BCUT2D eigenvalue weighted by atomic mass is 10.2. The third kappa shape index (κ3) is 3.98. The Morgan fingerprint density at radius 2 is 2.28 bits per heavy atom. The van der Waals surface area contributed by atoms with Gasteiger partial charge in [-0.1, -0.05) is 0 Å². The Labute approximate surface area is 106 Å². The average Bonchev–Trinajstić information content (AvgIpc) is 2.39. The molecule has 0 saturated heterocycles. The highest BCUT2D eigenvalue weighted by molar-refractivity contribution is 5.70. The van der Waals surface area contributed by atoms with Crippen molar-refractivity contribution in [2.75, 3.05) is 25.6 Å². The van der Waals surface area contributed by atoms with Gasteiger partial charge in [0.05, 0.1) is 37.5 Å². The molecule has 0 aliphatic rings. The Morgan fingerprint density at radius 1 is 1.50 bits per heavy atom. The lowest BCUT2D eigenvalue weighted by molar-refractivity contribution is -0.142. The quantitative estimate of drug-likeness (QED) is 0.779. The minimum atomic E-state index is -0.238. The van der Waals surface area contributed by atoms with E-state index in [9.17, 15) is 4.79 Å². The van der Waals surface area contributed by atoms with Crippen molar-refractivity contribution >= 4 is 11.7 Å². The molecule has 5 heteroatoms. The first kappa shape index (κ1) is 13.8. The molecule has 5 nitrogen and oxygen atoms in total. The van der Waals surface area contributed by atoms with Crippen molar-refractivity contribution in [2.24, 2.45) is 0 Å². The van der Waals surface area contributed by atoms with E-state index in [0.29, 0.717) is 24.5 Å². The van der Waals surface area contributed by atoms with Crippen molar-refractivity contribution in [3.63, 3.8) is 0 Å². The van der Waals surface area contributed by atoms with Gasteiger partial charge in [0.2, 0.25) is 0 Å². The van der Waals surface area contributed by atoms with Gasteiger partial charge >= 0.3 is 5.97 Å². The van der Waals surface area contributed by atoms with Crippen molar-refractivity contribution in [1.82, 2.24) is 0 Å². The first-order chi connectivity index (χ1) is 8.71. The highest BCUT2D eigenvalue weighted by Crippen LogP contribution is 2.25. The molecule has 0 heterocycles. The molecule has 0 aliphatic heterocycles. The third-order valence-electron chi connectivity index (χ3n) is 2.28. The third-order valence-corrected chi connectivity index (χ3v) is 2.28. The Kier molecular flexibility index (Phi) is 5.52. The Morgan fingerprint density at radius 3 is 2.89 bits per heavy atom. The summed E-state index contributed by atoms with van der Waals surface area (Å²) in [6.07, 6.45) is 0.289. The summed E-state index contributed by atoms with van der Waals surface area (Å²) in [7, 11) is 1.53. The zero-order valence-electron chi connectivity index (χ0n) is 10.5. The maximum absolute atomic E-state index is 11.2. The number of hydrogen-bond acceptors (Lipinski definition) is 5. The second-order valence-corrected chi connectivity index (χ2v) is 3.51. The van der Waals surface area contributed by atoms with E-state index in [1.807, 2.05) is 6.07 Å². The second-order valence-electron chi connectivity index (χ2n) is 3.51. The molecule has 0 aromatic heterocycles. The lowest BCUT2D eigenvalue weighted by Gasteiger charge is -2.10. The fourth-order valence-corrected chi connectivity index (χ4v) is 1.44. The predicted molar refractivity (Wildman–Crippen MR) is 67.4 cm³/mol. The van der Waals surface area contributed by atoms with Gasteiger partial charge in [0.15, 0.2) is 0 Å². The number of benzene rings is 1. The summed E-state index contributed by atoms with van der Waals surface area (Å²) < 4.78 is 9.98. The summed E-state index contributed by atoms with van der Waals surface area (Å²) in [5.74, 6) is 0.343. The number of esters is 1. The van der Waals surface area contributed by atoms with Crippen LogP contribution in [0.2, 0.25) is 0 Å². The van der Waals surface area contributed by atoms with E-state index in [4.69, 9.17) is 14.7 Å². The summed E-state index contributed by atoms with van der Waals surface area (Å²) in [5.41, 5.74) is 1.28. The number of ether oxygens (including phenoxy) is 2. The number of nitrogens with one attached hydrogen (secondary N) is 1. The molecule has 1 aromatic carbocycles. The van der Waals surface area contributed by atoms with E-state index < -0.39 is 0 Å². The lowest BCUT2D eigenvalue weighted by Crippen LogP contribution is -2.11. The summed E-state index contributed by atoms with van der Waals surface area (Å²) in [4.78, 5) is 11.2. The number of hydrogen-bond donors (Lipinski definition) is 1. The highest BCUT2D eigenvalue weighted by atomic mass is 16.5. The van der Waals surface area contributed by atoms with Crippen LogP contribution < -0.4 is 10.1 Å². The van der Waals surface area contributed by atoms with Crippen molar-refractivity contribution < 1.29 is 14.3 Å². The van der Waals surface area contributed by atoms with Gasteiger partial charge in [0.25, 0.3) is 0 Å². The number of carbonyl (C=O) groups is 1. The molecule has 0 aliphatic carbocycles. The van der Waals surface area contributed by atoms with Gasteiger partial charge in [-0.05, 0) is 19.1 Å². The molecule has 0 atom stereocenters. The van der Waals surface area contributed by atoms with E-state index in [-0.39, 0.29) is 12.4 Å². The summed E-state index contributed by atoms with van der Waals surface area (Å²) in [6.45, 7) is 2.62. The average molecular weight is 248 g/mol. The van der Waals surface area contributed by atoms with Crippen LogP contribution in [-0.2, 0) is 9.53 Å². The fraction of sp³-hybridized carbons (Fsp3) is 0.385.